The molecule has 0 aliphatic carbocycles. The summed E-state index contributed by atoms with van der Waals surface area (Å²) in [7, 11) is 3.75. The normalized spacial score (nSPS) is 31.6. The van der Waals surface area contributed by atoms with Crippen molar-refractivity contribution in [2.45, 2.75) is 12.1 Å². The maximum absolute atomic E-state index is 9.25. The number of likely N-dealkylation sites (N-methyl/N-ethyl adjacent to an activating group) is 2. The molecular formula is C12H24N2O4+2. The molecule has 0 aromatic carbocycles. The zero-order chi connectivity index (χ0) is 13.8. The first kappa shape index (κ1) is 15.3. The van der Waals surface area contributed by atoms with E-state index in [-0.39, 0.29) is 38.5 Å². The summed E-state index contributed by atoms with van der Waals surface area (Å²) in [6.07, 6.45) is 7.43. The summed E-state index contributed by atoms with van der Waals surface area (Å²) in [5, 5.41) is 37.0. The van der Waals surface area contributed by atoms with Gasteiger partial charge in [-0.1, -0.05) is 0 Å². The molecule has 104 valence electrons. The van der Waals surface area contributed by atoms with Crippen molar-refractivity contribution in [3.63, 3.8) is 0 Å². The molecule has 0 atom stereocenters. The minimum atomic E-state index is -0.312. The Bertz CT molecular complexity index is 278. The fraction of sp³-hybridized carbons (Fsp3) is 0.667. The highest BCUT2D eigenvalue weighted by atomic mass is 16.3. The van der Waals surface area contributed by atoms with Crippen LogP contribution in [0.25, 0.3) is 0 Å². The molecule has 0 bridgehead atoms. The van der Waals surface area contributed by atoms with Gasteiger partial charge in [0.25, 0.3) is 0 Å². The molecule has 0 aromatic rings. The molecule has 1 rings (SSSR count). The Morgan fingerprint density at radius 1 is 0.667 bits per heavy atom. The lowest BCUT2D eigenvalue weighted by molar-refractivity contribution is -0.891. The maximum Gasteiger partial charge on any atom is 0.155 e. The number of rotatable bonds is 6. The Morgan fingerprint density at radius 3 is 1.06 bits per heavy atom. The van der Waals surface area contributed by atoms with Crippen LogP contribution >= 0.6 is 0 Å². The smallest absolute Gasteiger partial charge is 0.155 e. The summed E-state index contributed by atoms with van der Waals surface area (Å²) in [5.74, 6) is 0. The molecule has 0 saturated carbocycles. The van der Waals surface area contributed by atoms with Crippen LogP contribution in [0, 0.1) is 0 Å². The van der Waals surface area contributed by atoms with Crippen LogP contribution in [0.1, 0.15) is 0 Å². The van der Waals surface area contributed by atoms with Gasteiger partial charge in [-0.2, -0.15) is 0 Å². The topological polar surface area (TPSA) is 80.9 Å². The molecule has 1 aliphatic heterocycles. The number of aliphatic hydroxyl groups excluding tert-OH is 4. The van der Waals surface area contributed by atoms with Gasteiger partial charge in [-0.15, -0.1) is 0 Å². The third kappa shape index (κ3) is 2.80. The summed E-state index contributed by atoms with van der Waals surface area (Å²) in [6, 6.07) is -0.624. The fourth-order valence-electron chi connectivity index (χ4n) is 1.98. The predicted molar refractivity (Wildman–Crippen MR) is 66.6 cm³/mol. The van der Waals surface area contributed by atoms with E-state index in [1.54, 1.807) is 0 Å². The number of hydrogen-bond acceptors (Lipinski definition) is 4. The molecule has 1 aliphatic rings. The average molecular weight is 260 g/mol. The molecule has 0 saturated heterocycles. The molecule has 0 amide bonds. The lowest BCUT2D eigenvalue weighted by atomic mass is 10.2. The van der Waals surface area contributed by atoms with E-state index < -0.39 is 0 Å². The van der Waals surface area contributed by atoms with Crippen molar-refractivity contribution in [2.75, 3.05) is 40.5 Å². The molecule has 6 nitrogen and oxygen atoms in total. The van der Waals surface area contributed by atoms with Gasteiger partial charge < -0.3 is 20.4 Å². The third-order valence-corrected chi connectivity index (χ3v) is 3.83. The van der Waals surface area contributed by atoms with Crippen LogP contribution in [0.15, 0.2) is 24.8 Å². The molecule has 1 heterocycles. The van der Waals surface area contributed by atoms with Gasteiger partial charge in [0.05, 0.1) is 40.5 Å². The Kier molecular flexibility index (Phi) is 5.03. The molecule has 0 fully saturated rings. The van der Waals surface area contributed by atoms with E-state index in [1.807, 2.05) is 38.9 Å². The largest absolute Gasteiger partial charge is 0.390 e. The van der Waals surface area contributed by atoms with E-state index in [9.17, 15) is 20.4 Å². The third-order valence-electron chi connectivity index (χ3n) is 3.83. The van der Waals surface area contributed by atoms with E-state index in [4.69, 9.17) is 0 Å². The van der Waals surface area contributed by atoms with Crippen LogP contribution in [0.3, 0.4) is 0 Å². The molecule has 18 heavy (non-hydrogen) atoms. The highest BCUT2D eigenvalue weighted by Gasteiger charge is 2.38. The van der Waals surface area contributed by atoms with Crippen LogP contribution in [0.4, 0.5) is 0 Å². The second-order valence-electron chi connectivity index (χ2n) is 5.08. The van der Waals surface area contributed by atoms with Gasteiger partial charge in [-0.05, 0) is 0 Å². The second-order valence-corrected chi connectivity index (χ2v) is 5.08. The van der Waals surface area contributed by atoms with Crippen molar-refractivity contribution in [3.8, 4) is 0 Å². The maximum atomic E-state index is 9.25. The zero-order valence-electron chi connectivity index (χ0n) is 11.0. The van der Waals surface area contributed by atoms with Crippen molar-refractivity contribution in [1.29, 1.82) is 0 Å². The summed E-state index contributed by atoms with van der Waals surface area (Å²) in [4.78, 5) is 0. The lowest BCUT2D eigenvalue weighted by Gasteiger charge is -2.40. The first-order chi connectivity index (χ1) is 8.45. The van der Waals surface area contributed by atoms with E-state index in [0.29, 0.717) is 8.97 Å². The average Bonchev–Trinajstić information content (AvgIpc) is 2.36. The molecule has 6 heteroatoms. The SMILES string of the molecule is C[N+]1(C(CO)CO)C=C[N+](C)(C(CO)CO)C=C1. The summed E-state index contributed by atoms with van der Waals surface area (Å²) < 4.78 is 0.592. The van der Waals surface area contributed by atoms with Crippen LogP contribution in [0.5, 0.6) is 0 Å². The van der Waals surface area contributed by atoms with Crippen molar-refractivity contribution >= 4 is 0 Å². The highest BCUT2D eigenvalue weighted by molar-refractivity contribution is 4.86. The van der Waals surface area contributed by atoms with E-state index in [1.165, 1.54) is 0 Å². The van der Waals surface area contributed by atoms with Gasteiger partial charge in [0.2, 0.25) is 0 Å². The van der Waals surface area contributed by atoms with Gasteiger partial charge in [0.15, 0.2) is 24.8 Å². The van der Waals surface area contributed by atoms with Crippen LogP contribution in [-0.4, -0.2) is 82.0 Å². The van der Waals surface area contributed by atoms with E-state index in [2.05, 4.69) is 0 Å². The zero-order valence-corrected chi connectivity index (χ0v) is 11.0. The molecule has 0 spiro atoms. The number of aliphatic hydroxyl groups is 4. The minimum absolute atomic E-state index is 0.116. The van der Waals surface area contributed by atoms with Gasteiger partial charge in [-0.3, -0.25) is 8.97 Å². The molecule has 0 aromatic heterocycles. The first-order valence-electron chi connectivity index (χ1n) is 6.01. The minimum Gasteiger partial charge on any atom is -0.390 e. The van der Waals surface area contributed by atoms with E-state index in [0.717, 1.165) is 0 Å². The van der Waals surface area contributed by atoms with Crippen molar-refractivity contribution < 1.29 is 29.4 Å². The van der Waals surface area contributed by atoms with Gasteiger partial charge in [0.1, 0.15) is 12.1 Å². The monoisotopic (exact) mass is 260 g/mol. The van der Waals surface area contributed by atoms with Crippen LogP contribution in [0.2, 0.25) is 0 Å². The number of hydrogen-bond donors (Lipinski definition) is 4. The first-order valence-corrected chi connectivity index (χ1v) is 6.01. The Morgan fingerprint density at radius 2 is 0.889 bits per heavy atom. The van der Waals surface area contributed by atoms with Crippen LogP contribution < -0.4 is 0 Å². The molecular weight excluding hydrogens is 236 g/mol. The Balaban J connectivity index is 2.92. The summed E-state index contributed by atoms with van der Waals surface area (Å²) >= 11 is 0. The lowest BCUT2D eigenvalue weighted by Crippen LogP contribution is -2.54. The Hall–Kier alpha value is -0.760. The van der Waals surface area contributed by atoms with Crippen LogP contribution in [-0.2, 0) is 0 Å². The van der Waals surface area contributed by atoms with Gasteiger partial charge >= 0.3 is 0 Å². The van der Waals surface area contributed by atoms with Crippen molar-refractivity contribution in [2.24, 2.45) is 0 Å². The van der Waals surface area contributed by atoms with Gasteiger partial charge in [0, 0.05) is 0 Å². The number of nitrogens with zero attached hydrogens (tertiary/aromatic N) is 2. The standard InChI is InChI=1S/C12H24N2O4/c1-13(11(7-15)8-16)3-5-14(2,6-4-13)12(9-17)10-18/h3-6,11-12,15-18H,7-10H2,1-2H3/q+2. The van der Waals surface area contributed by atoms with Crippen molar-refractivity contribution in [3.05, 3.63) is 24.8 Å². The molecule has 4 N–H and O–H groups in total. The van der Waals surface area contributed by atoms with Crippen molar-refractivity contribution in [1.82, 2.24) is 0 Å². The predicted octanol–water partition coefficient (Wildman–Crippen LogP) is -1.46. The molecule has 0 radical (unpaired) electrons. The summed E-state index contributed by atoms with van der Waals surface area (Å²) in [6.45, 7) is -0.465. The summed E-state index contributed by atoms with van der Waals surface area (Å²) in [5.41, 5.74) is 0. The fourth-order valence-corrected chi connectivity index (χ4v) is 1.98. The van der Waals surface area contributed by atoms with Gasteiger partial charge in [-0.25, -0.2) is 0 Å². The molecule has 0 unspecified atom stereocenters. The second kappa shape index (κ2) is 5.92. The van der Waals surface area contributed by atoms with E-state index >= 15 is 0 Å². The quantitative estimate of drug-likeness (QED) is 0.440. The highest BCUT2D eigenvalue weighted by Crippen LogP contribution is 2.24. The number of quaternary nitrogens is 2. The Labute approximate surface area is 107 Å².